The van der Waals surface area contributed by atoms with Crippen molar-refractivity contribution in [3.63, 3.8) is 0 Å². The highest BCUT2D eigenvalue weighted by molar-refractivity contribution is 5.80. The van der Waals surface area contributed by atoms with Gasteiger partial charge in [0.25, 0.3) is 5.56 Å². The van der Waals surface area contributed by atoms with E-state index in [2.05, 4.69) is 63.9 Å². The second kappa shape index (κ2) is 12.6. The minimum atomic E-state index is 0.0299. The summed E-state index contributed by atoms with van der Waals surface area (Å²) < 4.78 is 7.15. The molecule has 1 N–H and O–H groups in total. The number of hydrogen-bond donors (Lipinski definition) is 1. The first kappa shape index (κ1) is 27.1. The number of aryl methyl sites for hydroxylation is 2. The Kier molecular flexibility index (Phi) is 8.56. The Bertz CT molecular complexity index is 1620. The van der Waals surface area contributed by atoms with Crippen LogP contribution in [0.4, 0.5) is 0 Å². The smallest absolute Gasteiger partial charge is 0.257 e. The lowest BCUT2D eigenvalue weighted by molar-refractivity contribution is 0.185. The molecule has 0 saturated heterocycles. The fourth-order valence-corrected chi connectivity index (χ4v) is 5.03. The normalized spacial score (nSPS) is 11.2. The molecule has 0 fully saturated rings. The summed E-state index contributed by atoms with van der Waals surface area (Å²) in [6.45, 7) is 5.11. The van der Waals surface area contributed by atoms with Crippen LogP contribution in [0.1, 0.15) is 53.5 Å². The highest BCUT2D eigenvalue weighted by Crippen LogP contribution is 2.29. The van der Waals surface area contributed by atoms with E-state index in [0.717, 1.165) is 69.7 Å². The van der Waals surface area contributed by atoms with Crippen molar-refractivity contribution in [2.24, 2.45) is 0 Å². The van der Waals surface area contributed by atoms with Gasteiger partial charge in [-0.3, -0.25) is 9.36 Å². The molecule has 0 atom stereocenters. The molecule has 2 heterocycles. The maximum absolute atomic E-state index is 13.9. The Morgan fingerprint density at radius 3 is 2.42 bits per heavy atom. The summed E-state index contributed by atoms with van der Waals surface area (Å²) in [5.74, 6) is 1.39. The molecule has 3 aromatic carbocycles. The van der Waals surface area contributed by atoms with E-state index in [9.17, 15) is 4.79 Å². The third kappa shape index (κ3) is 6.07. The first-order valence-corrected chi connectivity index (χ1v) is 13.7. The second-order valence-electron chi connectivity index (χ2n) is 9.99. The molecule has 0 amide bonds. The molecule has 5 rings (SSSR count). The predicted octanol–water partition coefficient (Wildman–Crippen LogP) is 5.53. The van der Waals surface area contributed by atoms with Gasteiger partial charge in [0.1, 0.15) is 5.82 Å². The summed E-state index contributed by atoms with van der Waals surface area (Å²) in [7, 11) is 1.69. The molecule has 204 valence electrons. The van der Waals surface area contributed by atoms with Gasteiger partial charge in [0, 0.05) is 36.8 Å². The predicted molar refractivity (Wildman–Crippen MR) is 156 cm³/mol. The second-order valence-corrected chi connectivity index (χ2v) is 9.99. The van der Waals surface area contributed by atoms with Crippen LogP contribution in [0.25, 0.3) is 22.5 Å². The van der Waals surface area contributed by atoms with Crippen molar-refractivity contribution < 1.29 is 4.74 Å². The molecule has 8 heteroatoms. The minimum Gasteiger partial charge on any atom is -0.380 e. The van der Waals surface area contributed by atoms with Crippen LogP contribution in [-0.2, 0) is 30.7 Å². The maximum atomic E-state index is 13.9. The van der Waals surface area contributed by atoms with Crippen molar-refractivity contribution >= 4 is 0 Å². The van der Waals surface area contributed by atoms with E-state index in [1.165, 1.54) is 0 Å². The van der Waals surface area contributed by atoms with Gasteiger partial charge >= 0.3 is 0 Å². The van der Waals surface area contributed by atoms with Gasteiger partial charge in [-0.05, 0) is 46.4 Å². The summed E-state index contributed by atoms with van der Waals surface area (Å²) in [6.07, 6.45) is 3.33. The van der Waals surface area contributed by atoms with Crippen molar-refractivity contribution in [1.82, 2.24) is 30.2 Å². The van der Waals surface area contributed by atoms with Gasteiger partial charge in [0.2, 0.25) is 5.82 Å². The summed E-state index contributed by atoms with van der Waals surface area (Å²) >= 11 is 0. The van der Waals surface area contributed by atoms with Crippen LogP contribution >= 0.6 is 0 Å². The molecular weight excluding hydrogens is 500 g/mol. The van der Waals surface area contributed by atoms with Crippen molar-refractivity contribution in [1.29, 1.82) is 0 Å². The molecule has 0 spiro atoms. The molecule has 0 bridgehead atoms. The zero-order valence-electron chi connectivity index (χ0n) is 23.2. The fourth-order valence-electron chi connectivity index (χ4n) is 5.03. The van der Waals surface area contributed by atoms with Crippen molar-refractivity contribution in [3.8, 4) is 22.5 Å². The SMILES string of the molecule is CCCCc1nc(C)c(Cc2cccc(COC)c2)c(=O)n1Cc1ccc(-c2ccccc2-c2nn[nH]n2)cc1. The molecular formula is C32H34N6O2. The Balaban J connectivity index is 1.46. The van der Waals surface area contributed by atoms with Crippen LogP contribution < -0.4 is 5.56 Å². The number of ether oxygens (including phenoxy) is 1. The largest absolute Gasteiger partial charge is 0.380 e. The van der Waals surface area contributed by atoms with E-state index in [1.807, 2.05) is 47.9 Å². The third-order valence-electron chi connectivity index (χ3n) is 7.10. The number of nitrogens with one attached hydrogen (secondary N) is 1. The van der Waals surface area contributed by atoms with Gasteiger partial charge in [-0.2, -0.15) is 5.21 Å². The topological polar surface area (TPSA) is 98.6 Å². The van der Waals surface area contributed by atoms with E-state index in [-0.39, 0.29) is 5.56 Å². The Morgan fingerprint density at radius 2 is 1.70 bits per heavy atom. The van der Waals surface area contributed by atoms with E-state index in [0.29, 0.717) is 25.4 Å². The maximum Gasteiger partial charge on any atom is 0.257 e. The number of nitrogens with zero attached hydrogens (tertiary/aromatic N) is 5. The monoisotopic (exact) mass is 534 g/mol. The molecule has 2 aromatic heterocycles. The van der Waals surface area contributed by atoms with E-state index >= 15 is 0 Å². The zero-order chi connectivity index (χ0) is 27.9. The van der Waals surface area contributed by atoms with Crippen molar-refractivity contribution in [2.75, 3.05) is 7.11 Å². The quantitative estimate of drug-likeness (QED) is 0.239. The number of tetrazole rings is 1. The van der Waals surface area contributed by atoms with Crippen LogP contribution in [0, 0.1) is 6.92 Å². The highest BCUT2D eigenvalue weighted by atomic mass is 16.5. The summed E-state index contributed by atoms with van der Waals surface area (Å²) in [6, 6.07) is 24.5. The van der Waals surface area contributed by atoms with Crippen LogP contribution in [-0.4, -0.2) is 37.3 Å². The zero-order valence-corrected chi connectivity index (χ0v) is 23.2. The summed E-state index contributed by atoms with van der Waals surface area (Å²) in [5, 5.41) is 14.5. The van der Waals surface area contributed by atoms with Gasteiger partial charge in [-0.15, -0.1) is 10.2 Å². The number of aromatic nitrogens is 6. The lowest BCUT2D eigenvalue weighted by atomic mass is 9.98. The molecule has 40 heavy (non-hydrogen) atoms. The van der Waals surface area contributed by atoms with E-state index in [1.54, 1.807) is 7.11 Å². The van der Waals surface area contributed by atoms with Crippen LogP contribution in [0.2, 0.25) is 0 Å². The number of H-pyrrole nitrogens is 1. The Labute approximate surface area is 234 Å². The third-order valence-corrected chi connectivity index (χ3v) is 7.10. The minimum absolute atomic E-state index is 0.0299. The Hall–Kier alpha value is -4.43. The molecule has 8 nitrogen and oxygen atoms in total. The summed E-state index contributed by atoms with van der Waals surface area (Å²) in [5.41, 5.74) is 7.75. The lowest BCUT2D eigenvalue weighted by Gasteiger charge is -2.17. The lowest BCUT2D eigenvalue weighted by Crippen LogP contribution is -2.30. The first-order valence-electron chi connectivity index (χ1n) is 13.7. The molecule has 0 aliphatic heterocycles. The van der Waals surface area contributed by atoms with E-state index < -0.39 is 0 Å². The van der Waals surface area contributed by atoms with E-state index in [4.69, 9.17) is 9.72 Å². The van der Waals surface area contributed by atoms with Gasteiger partial charge in [0.05, 0.1) is 13.2 Å². The molecule has 0 aliphatic rings. The fraction of sp³-hybridized carbons (Fsp3) is 0.281. The molecule has 0 saturated carbocycles. The number of rotatable bonds is 11. The van der Waals surface area contributed by atoms with Gasteiger partial charge in [-0.25, -0.2) is 4.98 Å². The number of unbranched alkanes of at least 4 members (excludes halogenated alkanes) is 1. The first-order chi connectivity index (χ1) is 19.6. The average molecular weight is 535 g/mol. The number of benzene rings is 3. The van der Waals surface area contributed by atoms with Crippen molar-refractivity contribution in [2.45, 2.75) is 52.7 Å². The van der Waals surface area contributed by atoms with Crippen molar-refractivity contribution in [3.05, 3.63) is 117 Å². The number of hydrogen-bond acceptors (Lipinski definition) is 6. The van der Waals surface area contributed by atoms with Crippen LogP contribution in [0.5, 0.6) is 0 Å². The molecule has 0 unspecified atom stereocenters. The van der Waals surface area contributed by atoms with Gasteiger partial charge < -0.3 is 4.74 Å². The number of aromatic amines is 1. The van der Waals surface area contributed by atoms with Gasteiger partial charge in [-0.1, -0.05) is 86.1 Å². The average Bonchev–Trinajstić information content (AvgIpc) is 3.52. The van der Waals surface area contributed by atoms with Crippen LogP contribution in [0.3, 0.4) is 0 Å². The highest BCUT2D eigenvalue weighted by Gasteiger charge is 2.16. The summed E-state index contributed by atoms with van der Waals surface area (Å²) in [4.78, 5) is 18.9. The molecule has 5 aromatic rings. The standard InChI is InChI=1S/C32H34N6O2/c1-4-5-13-30-33-22(2)29(19-24-9-8-10-25(18-24)21-40-3)32(39)38(30)20-23-14-16-26(17-15-23)27-11-6-7-12-28(27)31-34-36-37-35-31/h6-12,14-18H,4-5,13,19-21H2,1-3H3,(H,34,35,36,37). The molecule has 0 radical (unpaired) electrons. The van der Waals surface area contributed by atoms with Gasteiger partial charge in [0.15, 0.2) is 0 Å². The Morgan fingerprint density at radius 1 is 0.925 bits per heavy atom. The number of methoxy groups -OCH3 is 1. The van der Waals surface area contributed by atoms with Crippen LogP contribution in [0.15, 0.2) is 77.6 Å². The molecule has 0 aliphatic carbocycles.